The van der Waals surface area contributed by atoms with Crippen molar-refractivity contribution in [1.29, 1.82) is 0 Å². The summed E-state index contributed by atoms with van der Waals surface area (Å²) in [6, 6.07) is 4.40. The number of nitrogens with one attached hydrogen (secondary N) is 1. The van der Waals surface area contributed by atoms with Crippen LogP contribution in [0.5, 0.6) is 5.75 Å². The molecule has 1 aliphatic rings. The van der Waals surface area contributed by atoms with E-state index >= 15 is 0 Å². The minimum atomic E-state index is -0.399. The molecule has 1 aromatic carbocycles. The van der Waals surface area contributed by atoms with Gasteiger partial charge in [-0.2, -0.15) is 0 Å². The number of halogens is 1. The first-order chi connectivity index (χ1) is 10.5. The molecule has 0 bridgehead atoms. The van der Waals surface area contributed by atoms with E-state index in [4.69, 9.17) is 4.74 Å². The van der Waals surface area contributed by atoms with Crippen LogP contribution in [-0.2, 0) is 16.0 Å². The Labute approximate surface area is 129 Å². The highest BCUT2D eigenvalue weighted by Crippen LogP contribution is 2.18. The molecular weight excluding hydrogens is 287 g/mol. The fraction of sp³-hybridized carbons (Fsp3) is 0.500. The molecule has 0 aromatic heterocycles. The quantitative estimate of drug-likeness (QED) is 0.866. The third kappa shape index (κ3) is 3.96. The monoisotopic (exact) mass is 308 g/mol. The van der Waals surface area contributed by atoms with Gasteiger partial charge < -0.3 is 15.0 Å². The first kappa shape index (κ1) is 16.3. The summed E-state index contributed by atoms with van der Waals surface area (Å²) < 4.78 is 18.4. The minimum Gasteiger partial charge on any atom is -0.494 e. The summed E-state index contributed by atoms with van der Waals surface area (Å²) >= 11 is 0. The van der Waals surface area contributed by atoms with E-state index in [2.05, 4.69) is 5.32 Å². The summed E-state index contributed by atoms with van der Waals surface area (Å²) in [5.41, 5.74) is 0.822. The highest BCUT2D eigenvalue weighted by atomic mass is 19.1. The lowest BCUT2D eigenvalue weighted by atomic mass is 10.1. The van der Waals surface area contributed by atoms with Crippen LogP contribution in [0.2, 0.25) is 0 Å². The van der Waals surface area contributed by atoms with Gasteiger partial charge in [0.15, 0.2) is 11.6 Å². The summed E-state index contributed by atoms with van der Waals surface area (Å²) in [5, 5.41) is 2.75. The predicted octanol–water partition coefficient (Wildman–Crippen LogP) is 1.50. The summed E-state index contributed by atoms with van der Waals surface area (Å²) in [7, 11) is 3.15. The Morgan fingerprint density at radius 1 is 1.50 bits per heavy atom. The number of likely N-dealkylation sites (N-methyl/N-ethyl adjacent to an activating group) is 1. The molecule has 1 fully saturated rings. The second-order valence-electron chi connectivity index (χ2n) is 5.49. The Balaban J connectivity index is 1.75. The molecule has 2 amide bonds. The van der Waals surface area contributed by atoms with Crippen LogP contribution in [0.4, 0.5) is 4.39 Å². The van der Waals surface area contributed by atoms with E-state index in [1.807, 2.05) is 0 Å². The van der Waals surface area contributed by atoms with Crippen molar-refractivity contribution in [2.24, 2.45) is 0 Å². The highest BCUT2D eigenvalue weighted by Gasteiger charge is 2.29. The average Bonchev–Trinajstić information content (AvgIpc) is 2.79. The lowest BCUT2D eigenvalue weighted by Crippen LogP contribution is -2.40. The van der Waals surface area contributed by atoms with Crippen LogP contribution in [0.25, 0.3) is 0 Å². The third-order valence-electron chi connectivity index (χ3n) is 3.85. The lowest BCUT2D eigenvalue weighted by molar-refractivity contribution is -0.131. The molecule has 1 aliphatic heterocycles. The molecule has 5 nitrogen and oxygen atoms in total. The second kappa shape index (κ2) is 7.24. The molecule has 6 heteroatoms. The number of carbonyl (C=O) groups is 2. The number of methoxy groups -OCH3 is 1. The summed E-state index contributed by atoms with van der Waals surface area (Å²) in [4.78, 5) is 25.1. The number of hydrogen-bond donors (Lipinski definition) is 1. The van der Waals surface area contributed by atoms with Crippen LogP contribution in [0.15, 0.2) is 18.2 Å². The van der Waals surface area contributed by atoms with Crippen molar-refractivity contribution in [3.8, 4) is 5.75 Å². The highest BCUT2D eigenvalue weighted by molar-refractivity contribution is 5.88. The van der Waals surface area contributed by atoms with Crippen LogP contribution in [0, 0.1) is 5.82 Å². The Kier molecular flexibility index (Phi) is 5.35. The molecule has 120 valence electrons. The number of likely N-dealkylation sites (tertiary alicyclic amines) is 1. The molecule has 22 heavy (non-hydrogen) atoms. The fourth-order valence-corrected chi connectivity index (χ4v) is 2.54. The number of nitrogens with zero attached hydrogens (tertiary/aromatic N) is 1. The smallest absolute Gasteiger partial charge is 0.244 e. The Morgan fingerprint density at radius 2 is 2.27 bits per heavy atom. The molecule has 0 radical (unpaired) electrons. The van der Waals surface area contributed by atoms with Crippen molar-refractivity contribution in [2.75, 3.05) is 20.7 Å². The number of carbonyl (C=O) groups excluding carboxylic acids is 2. The standard InChI is InChI=1S/C16H21FN2O3/c1-19-9-8-13(16(19)21)18-15(20)5-3-4-11-6-7-14(22-2)12(17)10-11/h6-7,10,13H,3-5,8-9H2,1-2H3,(H,18,20)/t13-/m0/s1. The number of aryl methyl sites for hydroxylation is 1. The zero-order chi connectivity index (χ0) is 16.1. The van der Waals surface area contributed by atoms with Gasteiger partial charge in [-0.1, -0.05) is 6.07 Å². The van der Waals surface area contributed by atoms with Gasteiger partial charge in [0.05, 0.1) is 7.11 Å². The Bertz CT molecular complexity index is 562. The zero-order valence-corrected chi connectivity index (χ0v) is 12.9. The number of rotatable bonds is 6. The van der Waals surface area contributed by atoms with Crippen molar-refractivity contribution < 1.29 is 18.7 Å². The van der Waals surface area contributed by atoms with E-state index in [0.29, 0.717) is 32.2 Å². The van der Waals surface area contributed by atoms with Gasteiger partial charge in [-0.3, -0.25) is 9.59 Å². The van der Waals surface area contributed by atoms with Gasteiger partial charge in [0.1, 0.15) is 6.04 Å². The number of hydrogen-bond acceptors (Lipinski definition) is 3. The van der Waals surface area contributed by atoms with E-state index in [1.54, 1.807) is 24.1 Å². The molecule has 1 aromatic rings. The fourth-order valence-electron chi connectivity index (χ4n) is 2.54. The van der Waals surface area contributed by atoms with E-state index in [0.717, 1.165) is 5.56 Å². The van der Waals surface area contributed by atoms with E-state index in [-0.39, 0.29) is 17.6 Å². The molecule has 0 saturated carbocycles. The van der Waals surface area contributed by atoms with Crippen molar-refractivity contribution >= 4 is 11.8 Å². The van der Waals surface area contributed by atoms with Crippen LogP contribution in [-0.4, -0.2) is 43.5 Å². The van der Waals surface area contributed by atoms with Gasteiger partial charge in [0.2, 0.25) is 11.8 Å². The van der Waals surface area contributed by atoms with Gasteiger partial charge in [0, 0.05) is 20.0 Å². The average molecular weight is 308 g/mol. The molecule has 1 N–H and O–H groups in total. The van der Waals surface area contributed by atoms with Gasteiger partial charge in [-0.25, -0.2) is 4.39 Å². The van der Waals surface area contributed by atoms with Gasteiger partial charge in [0.25, 0.3) is 0 Å². The molecule has 1 saturated heterocycles. The zero-order valence-electron chi connectivity index (χ0n) is 12.9. The SMILES string of the molecule is COc1ccc(CCCC(=O)N[C@H]2CCN(C)C2=O)cc1F. The maximum absolute atomic E-state index is 13.5. The number of amides is 2. The summed E-state index contributed by atoms with van der Waals surface area (Å²) in [5.74, 6) is -0.359. The summed E-state index contributed by atoms with van der Waals surface area (Å²) in [6.07, 6.45) is 2.19. The second-order valence-corrected chi connectivity index (χ2v) is 5.49. The van der Waals surface area contributed by atoms with Gasteiger partial charge >= 0.3 is 0 Å². The maximum Gasteiger partial charge on any atom is 0.244 e. The topological polar surface area (TPSA) is 58.6 Å². The molecular formula is C16H21FN2O3. The molecule has 0 spiro atoms. The lowest BCUT2D eigenvalue weighted by Gasteiger charge is -2.12. The van der Waals surface area contributed by atoms with Crippen molar-refractivity contribution in [2.45, 2.75) is 31.7 Å². The van der Waals surface area contributed by atoms with Crippen molar-refractivity contribution in [3.63, 3.8) is 0 Å². The summed E-state index contributed by atoms with van der Waals surface area (Å²) in [6.45, 7) is 0.676. The minimum absolute atomic E-state index is 0.0365. The molecule has 1 heterocycles. The molecule has 0 aliphatic carbocycles. The molecule has 0 unspecified atom stereocenters. The Hall–Kier alpha value is -2.11. The number of benzene rings is 1. The van der Waals surface area contributed by atoms with Crippen LogP contribution < -0.4 is 10.1 Å². The van der Waals surface area contributed by atoms with E-state index < -0.39 is 11.9 Å². The first-order valence-electron chi connectivity index (χ1n) is 7.38. The van der Waals surface area contributed by atoms with Crippen molar-refractivity contribution in [1.82, 2.24) is 10.2 Å². The van der Waals surface area contributed by atoms with Crippen LogP contribution in [0.1, 0.15) is 24.8 Å². The number of ether oxygens (including phenoxy) is 1. The largest absolute Gasteiger partial charge is 0.494 e. The van der Waals surface area contributed by atoms with Gasteiger partial charge in [-0.05, 0) is 37.0 Å². The third-order valence-corrected chi connectivity index (χ3v) is 3.85. The first-order valence-corrected chi connectivity index (χ1v) is 7.38. The van der Waals surface area contributed by atoms with Crippen LogP contribution >= 0.6 is 0 Å². The van der Waals surface area contributed by atoms with Crippen molar-refractivity contribution in [3.05, 3.63) is 29.6 Å². The molecule has 1 atom stereocenters. The van der Waals surface area contributed by atoms with E-state index in [9.17, 15) is 14.0 Å². The maximum atomic E-state index is 13.5. The Morgan fingerprint density at radius 3 is 2.86 bits per heavy atom. The predicted molar refractivity (Wildman–Crippen MR) is 80.1 cm³/mol. The van der Waals surface area contributed by atoms with Gasteiger partial charge in [-0.15, -0.1) is 0 Å². The van der Waals surface area contributed by atoms with E-state index in [1.165, 1.54) is 13.2 Å². The molecule has 2 rings (SSSR count). The normalized spacial score (nSPS) is 17.7. The van der Waals surface area contributed by atoms with Crippen LogP contribution in [0.3, 0.4) is 0 Å².